The van der Waals surface area contributed by atoms with Gasteiger partial charge >= 0.3 is 0 Å². The van der Waals surface area contributed by atoms with Gasteiger partial charge in [-0.25, -0.2) is 0 Å². The molecule has 1 aromatic heterocycles. The first-order valence-electron chi connectivity index (χ1n) is 6.04. The summed E-state index contributed by atoms with van der Waals surface area (Å²) >= 11 is 0. The summed E-state index contributed by atoms with van der Waals surface area (Å²) in [5.74, 6) is 0. The summed E-state index contributed by atoms with van der Waals surface area (Å²) in [6, 6.07) is 0.574. The number of aryl methyl sites for hydroxylation is 1. The Balaban J connectivity index is 2.10. The van der Waals surface area contributed by atoms with Crippen LogP contribution in [-0.4, -0.2) is 15.8 Å². The monoisotopic (exact) mass is 221 g/mol. The molecule has 0 bridgehead atoms. The predicted octanol–water partition coefficient (Wildman–Crippen LogP) is 2.64. The highest BCUT2D eigenvalue weighted by molar-refractivity contribution is 5.02. The van der Waals surface area contributed by atoms with Gasteiger partial charge in [-0.05, 0) is 26.2 Å². The summed E-state index contributed by atoms with van der Waals surface area (Å²) in [6.45, 7) is 6.88. The third-order valence-corrected chi connectivity index (χ3v) is 2.71. The predicted molar refractivity (Wildman–Crippen MR) is 68.2 cm³/mol. The molecule has 0 aliphatic carbocycles. The van der Waals surface area contributed by atoms with E-state index in [0.29, 0.717) is 6.04 Å². The minimum absolute atomic E-state index is 0.574. The van der Waals surface area contributed by atoms with Crippen molar-refractivity contribution >= 4 is 0 Å². The molecule has 0 aromatic carbocycles. The molecule has 1 N–H and O–H groups in total. The summed E-state index contributed by atoms with van der Waals surface area (Å²) < 4.78 is 1.84. The van der Waals surface area contributed by atoms with Gasteiger partial charge in [-0.3, -0.25) is 4.68 Å². The normalized spacial score (nSPS) is 12.6. The average molecular weight is 221 g/mol. The maximum atomic E-state index is 4.15. The first-order chi connectivity index (χ1) is 7.72. The van der Waals surface area contributed by atoms with Gasteiger partial charge in [0.2, 0.25) is 0 Å². The lowest BCUT2D eigenvalue weighted by Crippen LogP contribution is -2.25. The van der Waals surface area contributed by atoms with Crippen molar-refractivity contribution < 1.29 is 0 Å². The van der Waals surface area contributed by atoms with Crippen molar-refractivity contribution in [2.75, 3.05) is 0 Å². The van der Waals surface area contributed by atoms with Crippen LogP contribution in [0.15, 0.2) is 25.0 Å². The van der Waals surface area contributed by atoms with E-state index in [4.69, 9.17) is 0 Å². The zero-order valence-corrected chi connectivity index (χ0v) is 10.4. The molecule has 0 spiro atoms. The van der Waals surface area contributed by atoms with Crippen LogP contribution in [0.4, 0.5) is 0 Å². The van der Waals surface area contributed by atoms with E-state index < -0.39 is 0 Å². The Morgan fingerprint density at radius 3 is 3.00 bits per heavy atom. The van der Waals surface area contributed by atoms with E-state index >= 15 is 0 Å². The minimum Gasteiger partial charge on any atom is -0.310 e. The Bertz CT molecular complexity index is 304. The summed E-state index contributed by atoms with van der Waals surface area (Å²) in [5.41, 5.74) is 1.25. The third kappa shape index (κ3) is 5.12. The zero-order chi connectivity index (χ0) is 11.8. The number of hydrogen-bond donors (Lipinski definition) is 1. The molecule has 16 heavy (non-hydrogen) atoms. The van der Waals surface area contributed by atoms with Gasteiger partial charge in [0, 0.05) is 31.4 Å². The lowest BCUT2D eigenvalue weighted by Gasteiger charge is -2.12. The number of rotatable bonds is 8. The molecule has 3 nitrogen and oxygen atoms in total. The fourth-order valence-electron chi connectivity index (χ4n) is 1.70. The Kier molecular flexibility index (Phi) is 5.86. The third-order valence-electron chi connectivity index (χ3n) is 2.71. The Hall–Kier alpha value is -1.09. The van der Waals surface area contributed by atoms with E-state index in [1.54, 1.807) is 0 Å². The molecule has 90 valence electrons. The number of allylic oxidation sites excluding steroid dienone is 1. The SMILES string of the molecule is C=CCCCCC(C)NCc1cnn(C)c1. The van der Waals surface area contributed by atoms with Gasteiger partial charge in [0.25, 0.3) is 0 Å². The maximum absolute atomic E-state index is 4.15. The van der Waals surface area contributed by atoms with Gasteiger partial charge in [0.05, 0.1) is 6.20 Å². The maximum Gasteiger partial charge on any atom is 0.0534 e. The second-order valence-corrected chi connectivity index (χ2v) is 4.38. The van der Waals surface area contributed by atoms with Gasteiger partial charge in [0.1, 0.15) is 0 Å². The Morgan fingerprint density at radius 1 is 1.56 bits per heavy atom. The number of hydrogen-bond acceptors (Lipinski definition) is 2. The van der Waals surface area contributed by atoms with Crippen molar-refractivity contribution in [3.63, 3.8) is 0 Å². The minimum atomic E-state index is 0.574. The van der Waals surface area contributed by atoms with Crippen molar-refractivity contribution in [1.29, 1.82) is 0 Å². The molecule has 0 amide bonds. The van der Waals surface area contributed by atoms with E-state index in [9.17, 15) is 0 Å². The molecule has 0 saturated carbocycles. The Morgan fingerprint density at radius 2 is 2.38 bits per heavy atom. The molecule has 0 fully saturated rings. The van der Waals surface area contributed by atoms with Crippen molar-refractivity contribution in [1.82, 2.24) is 15.1 Å². The van der Waals surface area contributed by atoms with Crippen LogP contribution in [0.3, 0.4) is 0 Å². The second-order valence-electron chi connectivity index (χ2n) is 4.38. The highest BCUT2D eigenvalue weighted by Crippen LogP contribution is 2.04. The van der Waals surface area contributed by atoms with Crippen LogP contribution in [0.5, 0.6) is 0 Å². The number of aromatic nitrogens is 2. The van der Waals surface area contributed by atoms with Crippen molar-refractivity contribution in [3.8, 4) is 0 Å². The van der Waals surface area contributed by atoms with Crippen LogP contribution in [0, 0.1) is 0 Å². The Labute approximate surface area is 98.5 Å². The van der Waals surface area contributed by atoms with Gasteiger partial charge in [-0.1, -0.05) is 12.5 Å². The zero-order valence-electron chi connectivity index (χ0n) is 10.4. The molecule has 1 atom stereocenters. The van der Waals surface area contributed by atoms with E-state index in [1.807, 2.05) is 24.0 Å². The molecule has 3 heteroatoms. The largest absolute Gasteiger partial charge is 0.310 e. The van der Waals surface area contributed by atoms with E-state index in [0.717, 1.165) is 13.0 Å². The van der Waals surface area contributed by atoms with Gasteiger partial charge < -0.3 is 5.32 Å². The molecule has 0 aliphatic heterocycles. The fourth-order valence-corrected chi connectivity index (χ4v) is 1.70. The molecule has 1 unspecified atom stereocenters. The van der Waals surface area contributed by atoms with Crippen molar-refractivity contribution in [3.05, 3.63) is 30.6 Å². The van der Waals surface area contributed by atoms with Crippen LogP contribution in [0.25, 0.3) is 0 Å². The smallest absolute Gasteiger partial charge is 0.0534 e. The number of nitrogens with one attached hydrogen (secondary N) is 1. The second kappa shape index (κ2) is 7.23. The van der Waals surface area contributed by atoms with E-state index in [1.165, 1.54) is 24.8 Å². The molecule has 0 radical (unpaired) electrons. The van der Waals surface area contributed by atoms with Crippen LogP contribution < -0.4 is 5.32 Å². The molecule has 1 rings (SSSR count). The van der Waals surface area contributed by atoms with Crippen LogP contribution >= 0.6 is 0 Å². The fraction of sp³-hybridized carbons (Fsp3) is 0.615. The average Bonchev–Trinajstić information content (AvgIpc) is 2.68. The first kappa shape index (κ1) is 13.0. The molecule has 0 saturated heterocycles. The van der Waals surface area contributed by atoms with Crippen LogP contribution in [0.1, 0.15) is 38.2 Å². The lowest BCUT2D eigenvalue weighted by molar-refractivity contribution is 0.490. The van der Waals surface area contributed by atoms with E-state index in [2.05, 4.69) is 30.1 Å². The van der Waals surface area contributed by atoms with Gasteiger partial charge in [-0.15, -0.1) is 6.58 Å². The first-order valence-corrected chi connectivity index (χ1v) is 6.04. The summed E-state index contributed by atoms with van der Waals surface area (Å²) in [4.78, 5) is 0. The molecule has 1 aromatic rings. The topological polar surface area (TPSA) is 29.9 Å². The highest BCUT2D eigenvalue weighted by atomic mass is 15.2. The summed E-state index contributed by atoms with van der Waals surface area (Å²) in [7, 11) is 1.95. The van der Waals surface area contributed by atoms with Crippen LogP contribution in [-0.2, 0) is 13.6 Å². The summed E-state index contributed by atoms with van der Waals surface area (Å²) in [5, 5.41) is 7.66. The van der Waals surface area contributed by atoms with Gasteiger partial charge in [-0.2, -0.15) is 5.10 Å². The van der Waals surface area contributed by atoms with Crippen molar-refractivity contribution in [2.45, 2.75) is 45.2 Å². The molecule has 1 heterocycles. The molecular weight excluding hydrogens is 198 g/mol. The molecule has 0 aliphatic rings. The number of unbranched alkanes of at least 4 members (excludes halogenated alkanes) is 2. The number of nitrogens with zero attached hydrogens (tertiary/aromatic N) is 2. The van der Waals surface area contributed by atoms with Gasteiger partial charge in [0.15, 0.2) is 0 Å². The van der Waals surface area contributed by atoms with Crippen molar-refractivity contribution in [2.24, 2.45) is 7.05 Å². The standard InChI is InChI=1S/C13H23N3/c1-4-5-6-7-8-12(2)14-9-13-10-15-16(3)11-13/h4,10-12,14H,1,5-9H2,2-3H3. The van der Waals surface area contributed by atoms with E-state index in [-0.39, 0.29) is 0 Å². The molecular formula is C13H23N3. The van der Waals surface area contributed by atoms with Crippen LogP contribution in [0.2, 0.25) is 0 Å². The lowest BCUT2D eigenvalue weighted by atomic mass is 10.1. The highest BCUT2D eigenvalue weighted by Gasteiger charge is 2.02. The summed E-state index contributed by atoms with van der Waals surface area (Å²) in [6.07, 6.45) is 10.8. The quantitative estimate of drug-likeness (QED) is 0.540.